The van der Waals surface area contributed by atoms with E-state index >= 15 is 0 Å². The van der Waals surface area contributed by atoms with E-state index in [1.165, 1.54) is 25.7 Å². The van der Waals surface area contributed by atoms with Crippen LogP contribution in [0.2, 0.25) is 0 Å². The predicted octanol–water partition coefficient (Wildman–Crippen LogP) is 2.58. The number of likely N-dealkylation sites (N-methyl/N-ethyl adjacent to an activating group) is 1. The van der Waals surface area contributed by atoms with Crippen molar-refractivity contribution in [3.8, 4) is 0 Å². The molecule has 1 heterocycles. The first-order valence-corrected chi connectivity index (χ1v) is 7.13. The monoisotopic (exact) mass is 278 g/mol. The summed E-state index contributed by atoms with van der Waals surface area (Å²) in [6, 6.07) is 2.32. The highest BCUT2D eigenvalue weighted by molar-refractivity contribution is 5.59. The number of aryl methyl sites for hydroxylation is 1. The van der Waals surface area contributed by atoms with Gasteiger partial charge in [0.2, 0.25) is 5.82 Å². The van der Waals surface area contributed by atoms with Crippen molar-refractivity contribution in [2.45, 2.75) is 38.6 Å². The van der Waals surface area contributed by atoms with Gasteiger partial charge in [0.05, 0.1) is 4.92 Å². The molecule has 1 aliphatic rings. The van der Waals surface area contributed by atoms with Crippen LogP contribution in [0.15, 0.2) is 12.3 Å². The van der Waals surface area contributed by atoms with Crippen molar-refractivity contribution in [1.29, 1.82) is 0 Å². The first-order valence-electron chi connectivity index (χ1n) is 7.13. The topological polar surface area (TPSA) is 71.3 Å². The molecule has 0 radical (unpaired) electrons. The lowest BCUT2D eigenvalue weighted by Gasteiger charge is -2.24. The molecule has 20 heavy (non-hydrogen) atoms. The minimum Gasteiger partial charge on any atom is -0.363 e. The van der Waals surface area contributed by atoms with Gasteiger partial charge in [-0.3, -0.25) is 10.1 Å². The summed E-state index contributed by atoms with van der Waals surface area (Å²) in [6.45, 7) is 3.28. The average Bonchev–Trinajstić information content (AvgIpc) is 2.92. The number of hydrogen-bond donors (Lipinski definition) is 1. The molecule has 1 aromatic heterocycles. The molecule has 1 aromatic rings. The number of nitrogens with zero attached hydrogens (tertiary/aromatic N) is 3. The van der Waals surface area contributed by atoms with Crippen molar-refractivity contribution in [2.24, 2.45) is 0 Å². The van der Waals surface area contributed by atoms with Gasteiger partial charge < -0.3 is 10.2 Å². The smallest absolute Gasteiger partial charge is 0.314 e. The zero-order valence-electron chi connectivity index (χ0n) is 12.1. The van der Waals surface area contributed by atoms with Gasteiger partial charge in [0.15, 0.2) is 0 Å². The Morgan fingerprint density at radius 1 is 1.50 bits per heavy atom. The molecule has 0 amide bonds. The van der Waals surface area contributed by atoms with Crippen LogP contribution in [0.1, 0.15) is 31.2 Å². The van der Waals surface area contributed by atoms with Gasteiger partial charge in [-0.2, -0.15) is 0 Å². The summed E-state index contributed by atoms with van der Waals surface area (Å²) in [7, 11) is 2.12. The molecular formula is C14H22N4O2. The van der Waals surface area contributed by atoms with Gasteiger partial charge >= 0.3 is 5.69 Å². The quantitative estimate of drug-likeness (QED) is 0.639. The summed E-state index contributed by atoms with van der Waals surface area (Å²) >= 11 is 0. The third-order valence-electron chi connectivity index (χ3n) is 4.01. The summed E-state index contributed by atoms with van der Waals surface area (Å²) in [6.07, 6.45) is 6.75. The molecular weight excluding hydrogens is 256 g/mol. The van der Waals surface area contributed by atoms with Gasteiger partial charge in [0.25, 0.3) is 0 Å². The van der Waals surface area contributed by atoms with E-state index in [0.29, 0.717) is 24.0 Å². The molecule has 1 N–H and O–H groups in total. The third-order valence-corrected chi connectivity index (χ3v) is 4.01. The maximum Gasteiger partial charge on any atom is 0.314 e. The zero-order valence-corrected chi connectivity index (χ0v) is 12.1. The first-order chi connectivity index (χ1) is 9.59. The van der Waals surface area contributed by atoms with Crippen molar-refractivity contribution < 1.29 is 4.92 Å². The Kier molecular flexibility index (Phi) is 4.89. The van der Waals surface area contributed by atoms with Crippen LogP contribution in [-0.2, 0) is 0 Å². The molecule has 0 spiro atoms. The fourth-order valence-corrected chi connectivity index (χ4v) is 2.79. The number of pyridine rings is 1. The molecule has 0 bridgehead atoms. The van der Waals surface area contributed by atoms with E-state index < -0.39 is 0 Å². The summed E-state index contributed by atoms with van der Waals surface area (Å²) < 4.78 is 0. The van der Waals surface area contributed by atoms with Crippen LogP contribution in [-0.4, -0.2) is 41.0 Å². The van der Waals surface area contributed by atoms with E-state index in [0.717, 1.165) is 6.54 Å². The minimum atomic E-state index is -0.370. The number of anilines is 1. The summed E-state index contributed by atoms with van der Waals surface area (Å²) in [5, 5.41) is 14.2. The fourth-order valence-electron chi connectivity index (χ4n) is 2.79. The molecule has 1 aliphatic carbocycles. The number of aromatic nitrogens is 1. The maximum absolute atomic E-state index is 11.1. The normalized spacial score (nSPS) is 15.8. The summed E-state index contributed by atoms with van der Waals surface area (Å²) in [5.74, 6) is 0.370. The van der Waals surface area contributed by atoms with Crippen LogP contribution >= 0.6 is 0 Å². The van der Waals surface area contributed by atoms with Gasteiger partial charge in [-0.25, -0.2) is 4.98 Å². The van der Waals surface area contributed by atoms with E-state index in [2.05, 4.69) is 22.2 Å². The summed E-state index contributed by atoms with van der Waals surface area (Å²) in [4.78, 5) is 17.1. The van der Waals surface area contributed by atoms with Crippen LogP contribution in [0.25, 0.3) is 0 Å². The van der Waals surface area contributed by atoms with Gasteiger partial charge in [0, 0.05) is 30.9 Å². The Hall–Kier alpha value is -1.69. The highest BCUT2D eigenvalue weighted by Crippen LogP contribution is 2.25. The van der Waals surface area contributed by atoms with Crippen LogP contribution in [0.5, 0.6) is 0 Å². The molecule has 0 unspecified atom stereocenters. The second kappa shape index (κ2) is 6.65. The Labute approximate surface area is 119 Å². The van der Waals surface area contributed by atoms with Crippen molar-refractivity contribution in [3.05, 3.63) is 27.9 Å². The lowest BCUT2D eigenvalue weighted by molar-refractivity contribution is -0.384. The molecule has 1 fully saturated rings. The predicted molar refractivity (Wildman–Crippen MR) is 79.0 cm³/mol. The maximum atomic E-state index is 11.1. The van der Waals surface area contributed by atoms with E-state index in [9.17, 15) is 10.1 Å². The van der Waals surface area contributed by atoms with Crippen LogP contribution < -0.4 is 5.32 Å². The molecule has 2 rings (SSSR count). The molecule has 6 heteroatoms. The lowest BCUT2D eigenvalue weighted by atomic mass is 10.2. The van der Waals surface area contributed by atoms with E-state index in [4.69, 9.17) is 0 Å². The van der Waals surface area contributed by atoms with E-state index in [1.54, 1.807) is 19.2 Å². The highest BCUT2D eigenvalue weighted by atomic mass is 16.6. The van der Waals surface area contributed by atoms with Crippen molar-refractivity contribution in [3.63, 3.8) is 0 Å². The van der Waals surface area contributed by atoms with Crippen LogP contribution in [0.4, 0.5) is 11.5 Å². The van der Waals surface area contributed by atoms with Crippen LogP contribution in [0, 0.1) is 17.0 Å². The number of nitrogens with one attached hydrogen (secondary N) is 1. The molecule has 0 saturated heterocycles. The van der Waals surface area contributed by atoms with Gasteiger partial charge in [0.1, 0.15) is 0 Å². The second-order valence-electron chi connectivity index (χ2n) is 5.43. The van der Waals surface area contributed by atoms with Crippen molar-refractivity contribution in [2.75, 3.05) is 25.5 Å². The van der Waals surface area contributed by atoms with Crippen LogP contribution in [0.3, 0.4) is 0 Å². The largest absolute Gasteiger partial charge is 0.363 e. The second-order valence-corrected chi connectivity index (χ2v) is 5.43. The fraction of sp³-hybridized carbons (Fsp3) is 0.643. The van der Waals surface area contributed by atoms with Gasteiger partial charge in [-0.1, -0.05) is 12.8 Å². The molecule has 0 atom stereocenters. The highest BCUT2D eigenvalue weighted by Gasteiger charge is 2.20. The Morgan fingerprint density at radius 3 is 2.85 bits per heavy atom. The summed E-state index contributed by atoms with van der Waals surface area (Å²) in [5.41, 5.74) is 0.715. The Bertz CT molecular complexity index is 472. The number of rotatable bonds is 6. The molecule has 0 aromatic carbocycles. The molecule has 1 saturated carbocycles. The SMILES string of the molecule is Cc1ccnc(NCCN(C)C2CCCC2)c1[N+](=O)[O-]. The van der Waals surface area contributed by atoms with Crippen molar-refractivity contribution >= 4 is 11.5 Å². The molecule has 110 valence electrons. The lowest BCUT2D eigenvalue weighted by Crippen LogP contribution is -2.33. The van der Waals surface area contributed by atoms with Gasteiger partial charge in [-0.05, 0) is 32.9 Å². The number of hydrogen-bond acceptors (Lipinski definition) is 5. The average molecular weight is 278 g/mol. The Balaban J connectivity index is 1.90. The Morgan fingerprint density at radius 2 is 2.20 bits per heavy atom. The van der Waals surface area contributed by atoms with E-state index in [1.807, 2.05) is 0 Å². The zero-order chi connectivity index (χ0) is 14.5. The third kappa shape index (κ3) is 3.45. The number of nitro groups is 1. The molecule has 6 nitrogen and oxygen atoms in total. The standard InChI is InChI=1S/C14H22N4O2/c1-11-7-8-15-14(13(11)18(19)20)16-9-10-17(2)12-5-3-4-6-12/h7-8,12H,3-6,9-10H2,1-2H3,(H,15,16). The minimum absolute atomic E-state index is 0.0796. The van der Waals surface area contributed by atoms with E-state index in [-0.39, 0.29) is 10.6 Å². The van der Waals surface area contributed by atoms with Gasteiger partial charge in [-0.15, -0.1) is 0 Å². The molecule has 0 aliphatic heterocycles. The van der Waals surface area contributed by atoms with Crippen molar-refractivity contribution in [1.82, 2.24) is 9.88 Å². The first kappa shape index (κ1) is 14.7.